The molecule has 0 saturated heterocycles. The average molecular weight is 251 g/mol. The fourth-order valence-corrected chi connectivity index (χ4v) is 2.73. The van der Waals surface area contributed by atoms with E-state index in [1.54, 1.807) is 0 Å². The highest BCUT2D eigenvalue weighted by Gasteiger charge is 2.30. The highest BCUT2D eigenvalue weighted by Crippen LogP contribution is 2.38. The zero-order chi connectivity index (χ0) is 13.7. The molecule has 1 nitrogen and oxygen atoms in total. The summed E-state index contributed by atoms with van der Waals surface area (Å²) < 4.78 is 0. The van der Waals surface area contributed by atoms with Gasteiger partial charge in [0.15, 0.2) is 0 Å². The van der Waals surface area contributed by atoms with Gasteiger partial charge in [0.05, 0.1) is 5.54 Å². The largest absolute Gasteiger partial charge is 0.375 e. The van der Waals surface area contributed by atoms with Gasteiger partial charge in [-0.3, -0.25) is 0 Å². The van der Waals surface area contributed by atoms with Gasteiger partial charge in [0.1, 0.15) is 0 Å². The summed E-state index contributed by atoms with van der Waals surface area (Å²) in [5, 5.41) is 3.65. The van der Waals surface area contributed by atoms with Gasteiger partial charge in [-0.05, 0) is 30.9 Å². The lowest BCUT2D eigenvalue weighted by Crippen LogP contribution is -2.38. The first-order valence-electron chi connectivity index (χ1n) is 6.66. The summed E-state index contributed by atoms with van der Waals surface area (Å²) in [6.07, 6.45) is 10.9. The van der Waals surface area contributed by atoms with Crippen LogP contribution in [0.5, 0.6) is 0 Å². The molecule has 0 bridgehead atoms. The molecule has 0 amide bonds. The third-order valence-corrected chi connectivity index (χ3v) is 3.49. The molecular formula is C18H21N. The van der Waals surface area contributed by atoms with E-state index in [9.17, 15) is 0 Å². The molecule has 98 valence electrons. The number of anilines is 1. The Morgan fingerprint density at radius 3 is 2.32 bits per heavy atom. The Kier molecular flexibility index (Phi) is 4.06. The molecule has 0 saturated carbocycles. The van der Waals surface area contributed by atoms with E-state index in [2.05, 4.69) is 55.4 Å². The molecule has 1 aromatic carbocycles. The molecule has 1 N–H and O–H groups in total. The van der Waals surface area contributed by atoms with Crippen molar-refractivity contribution in [2.75, 3.05) is 5.32 Å². The molecule has 0 unspecified atom stereocenters. The quantitative estimate of drug-likeness (QED) is 0.704. The predicted molar refractivity (Wildman–Crippen MR) is 85.2 cm³/mol. The van der Waals surface area contributed by atoms with Crippen LogP contribution in [-0.2, 0) is 0 Å². The maximum atomic E-state index is 3.89. The third kappa shape index (κ3) is 2.70. The summed E-state index contributed by atoms with van der Waals surface area (Å²) in [5.74, 6) is 0. The number of benzene rings is 1. The van der Waals surface area contributed by atoms with Gasteiger partial charge in [0, 0.05) is 11.3 Å². The minimum Gasteiger partial charge on any atom is -0.375 e. The van der Waals surface area contributed by atoms with Gasteiger partial charge in [-0.1, -0.05) is 42.5 Å². The number of nitrogens with one attached hydrogen (secondary N) is 1. The number of hydrogen-bond donors (Lipinski definition) is 1. The molecule has 1 aromatic rings. The first-order chi connectivity index (χ1) is 9.24. The minimum absolute atomic E-state index is 0.101. The number of fused-ring (bicyclic) bond motifs is 1. The van der Waals surface area contributed by atoms with Gasteiger partial charge in [-0.2, -0.15) is 0 Å². The van der Waals surface area contributed by atoms with Crippen LogP contribution in [0.1, 0.15) is 24.8 Å². The van der Waals surface area contributed by atoms with Gasteiger partial charge in [-0.25, -0.2) is 0 Å². The highest BCUT2D eigenvalue weighted by molar-refractivity contribution is 5.81. The van der Waals surface area contributed by atoms with Crippen LogP contribution in [0.15, 0.2) is 68.3 Å². The monoisotopic (exact) mass is 251 g/mol. The van der Waals surface area contributed by atoms with Crippen molar-refractivity contribution in [3.05, 3.63) is 73.9 Å². The maximum absolute atomic E-state index is 3.89. The summed E-state index contributed by atoms with van der Waals surface area (Å²) >= 11 is 0. The Morgan fingerprint density at radius 2 is 1.68 bits per heavy atom. The molecule has 0 radical (unpaired) electrons. The average Bonchev–Trinajstić information content (AvgIpc) is 2.39. The van der Waals surface area contributed by atoms with E-state index < -0.39 is 0 Å². The number of para-hydroxylation sites is 1. The normalized spacial score (nSPS) is 15.7. The number of allylic oxidation sites excluding steroid dienone is 2. The van der Waals surface area contributed by atoms with Crippen molar-refractivity contribution in [3.63, 3.8) is 0 Å². The Hall–Kier alpha value is -2.02. The fraction of sp³-hybridized carbons (Fsp3) is 0.222. The Balaban J connectivity index is 2.50. The molecule has 19 heavy (non-hydrogen) atoms. The van der Waals surface area contributed by atoms with Crippen LogP contribution in [-0.4, -0.2) is 5.54 Å². The van der Waals surface area contributed by atoms with Gasteiger partial charge in [0.25, 0.3) is 0 Å². The van der Waals surface area contributed by atoms with Gasteiger partial charge >= 0.3 is 0 Å². The molecule has 1 aliphatic rings. The van der Waals surface area contributed by atoms with E-state index in [0.29, 0.717) is 0 Å². The van der Waals surface area contributed by atoms with Gasteiger partial charge < -0.3 is 5.32 Å². The van der Waals surface area contributed by atoms with Crippen LogP contribution < -0.4 is 5.32 Å². The lowest BCUT2D eigenvalue weighted by molar-refractivity contribution is 0.588. The molecule has 1 heterocycles. The van der Waals surface area contributed by atoms with Crippen LogP contribution in [0, 0.1) is 0 Å². The fourth-order valence-electron chi connectivity index (χ4n) is 2.73. The van der Waals surface area contributed by atoms with Crippen molar-refractivity contribution in [2.24, 2.45) is 0 Å². The van der Waals surface area contributed by atoms with E-state index in [4.69, 9.17) is 0 Å². The van der Waals surface area contributed by atoms with Crippen molar-refractivity contribution in [1.82, 2.24) is 0 Å². The summed E-state index contributed by atoms with van der Waals surface area (Å²) in [7, 11) is 0. The Bertz CT molecular complexity index is 512. The van der Waals surface area contributed by atoms with E-state index in [-0.39, 0.29) is 5.54 Å². The molecule has 2 rings (SSSR count). The van der Waals surface area contributed by atoms with E-state index in [0.717, 1.165) is 19.3 Å². The zero-order valence-corrected chi connectivity index (χ0v) is 11.4. The molecule has 0 spiro atoms. The second-order valence-electron chi connectivity index (χ2n) is 4.97. The number of hydrogen-bond acceptors (Lipinski definition) is 1. The summed E-state index contributed by atoms with van der Waals surface area (Å²) in [6, 6.07) is 8.43. The van der Waals surface area contributed by atoms with Crippen LogP contribution in [0.2, 0.25) is 0 Å². The SMILES string of the molecule is C=CCC1=CC(CC=C)(CC=C)Nc2ccccc21. The van der Waals surface area contributed by atoms with Crippen molar-refractivity contribution in [1.29, 1.82) is 0 Å². The zero-order valence-electron chi connectivity index (χ0n) is 11.4. The molecule has 0 aromatic heterocycles. The minimum atomic E-state index is -0.101. The number of rotatable bonds is 6. The lowest BCUT2D eigenvalue weighted by atomic mass is 9.82. The standard InChI is InChI=1S/C18H21N/c1-4-9-15-14-18(12-5-2,13-6-3)19-17-11-8-7-10-16(15)17/h4-8,10-11,14,19H,1-3,9,12-13H2. The summed E-state index contributed by atoms with van der Waals surface area (Å²) in [4.78, 5) is 0. The van der Waals surface area contributed by atoms with E-state index >= 15 is 0 Å². The molecule has 0 aliphatic carbocycles. The third-order valence-electron chi connectivity index (χ3n) is 3.49. The second-order valence-corrected chi connectivity index (χ2v) is 4.97. The lowest BCUT2D eigenvalue weighted by Gasteiger charge is -2.37. The molecular weight excluding hydrogens is 230 g/mol. The topological polar surface area (TPSA) is 12.0 Å². The van der Waals surface area contributed by atoms with Gasteiger partial charge in [-0.15, -0.1) is 19.7 Å². The Morgan fingerprint density at radius 1 is 1.00 bits per heavy atom. The maximum Gasteiger partial charge on any atom is 0.0630 e. The van der Waals surface area contributed by atoms with Crippen LogP contribution in [0.3, 0.4) is 0 Å². The summed E-state index contributed by atoms with van der Waals surface area (Å²) in [6.45, 7) is 11.6. The predicted octanol–water partition coefficient (Wildman–Crippen LogP) is 4.96. The smallest absolute Gasteiger partial charge is 0.0630 e. The second kappa shape index (κ2) is 5.75. The van der Waals surface area contributed by atoms with Crippen molar-refractivity contribution >= 4 is 11.3 Å². The van der Waals surface area contributed by atoms with Crippen LogP contribution >= 0.6 is 0 Å². The first kappa shape index (κ1) is 13.4. The summed E-state index contributed by atoms with van der Waals surface area (Å²) in [5.41, 5.74) is 3.68. The molecule has 1 heteroatoms. The van der Waals surface area contributed by atoms with Crippen LogP contribution in [0.25, 0.3) is 5.57 Å². The van der Waals surface area contributed by atoms with Crippen molar-refractivity contribution in [3.8, 4) is 0 Å². The Labute approximate surface area is 116 Å². The van der Waals surface area contributed by atoms with Crippen LogP contribution in [0.4, 0.5) is 5.69 Å². The van der Waals surface area contributed by atoms with Gasteiger partial charge in [0.2, 0.25) is 0 Å². The molecule has 0 fully saturated rings. The van der Waals surface area contributed by atoms with Crippen molar-refractivity contribution in [2.45, 2.75) is 24.8 Å². The molecule has 1 aliphatic heterocycles. The van der Waals surface area contributed by atoms with Crippen molar-refractivity contribution < 1.29 is 0 Å². The highest BCUT2D eigenvalue weighted by atomic mass is 15.0. The van der Waals surface area contributed by atoms with E-state index in [1.165, 1.54) is 16.8 Å². The first-order valence-corrected chi connectivity index (χ1v) is 6.66. The molecule has 0 atom stereocenters. The van der Waals surface area contributed by atoms with E-state index in [1.807, 2.05) is 18.2 Å².